The molecule has 0 aliphatic rings. The second-order valence-electron chi connectivity index (χ2n) is 4.00. The molecule has 0 unspecified atom stereocenters. The van der Waals surface area contributed by atoms with E-state index >= 15 is 0 Å². The Hall–Kier alpha value is -1.37. The maximum Gasteiger partial charge on any atom is 0.188 e. The number of allylic oxidation sites excluding steroid dienone is 2. The van der Waals surface area contributed by atoms with E-state index in [0.717, 1.165) is 23.1 Å². The molecule has 1 rings (SSSR count). The van der Waals surface area contributed by atoms with Crippen molar-refractivity contribution in [2.75, 3.05) is 0 Å². The number of Topliss-reactive ketones (excluding diaryl/α,β-unsaturated/α-hetero) is 1. The van der Waals surface area contributed by atoms with Gasteiger partial charge in [0.05, 0.1) is 0 Å². The Morgan fingerprint density at radius 2 is 1.60 bits per heavy atom. The van der Waals surface area contributed by atoms with E-state index in [-0.39, 0.29) is 5.78 Å². The van der Waals surface area contributed by atoms with Crippen LogP contribution in [0.15, 0.2) is 35.4 Å². The highest BCUT2D eigenvalue weighted by Crippen LogP contribution is 2.13. The predicted octanol–water partition coefficient (Wildman–Crippen LogP) is 3.79. The van der Waals surface area contributed by atoms with Crippen LogP contribution < -0.4 is 0 Å². The van der Waals surface area contributed by atoms with Gasteiger partial charge in [-0.2, -0.15) is 0 Å². The number of hydrogen-bond donors (Lipinski definition) is 0. The summed E-state index contributed by atoms with van der Waals surface area (Å²) in [6.45, 7) is 7.92. The fraction of sp³-hybridized carbons (Fsp3) is 0.357. The Kier molecular flexibility index (Phi) is 3.84. The SMILES string of the molecule is CCc1ccc(C(=O)C(C)=C(C)C)cc1. The third-order valence-electron chi connectivity index (χ3n) is 2.71. The molecule has 1 nitrogen and oxygen atoms in total. The zero-order chi connectivity index (χ0) is 11.4. The maximum absolute atomic E-state index is 11.9. The third kappa shape index (κ3) is 2.79. The van der Waals surface area contributed by atoms with Crippen LogP contribution in [0, 0.1) is 0 Å². The van der Waals surface area contributed by atoms with Gasteiger partial charge in [0, 0.05) is 5.56 Å². The van der Waals surface area contributed by atoms with Crippen LogP contribution >= 0.6 is 0 Å². The van der Waals surface area contributed by atoms with Gasteiger partial charge in [-0.1, -0.05) is 36.8 Å². The minimum Gasteiger partial charge on any atom is -0.289 e. The molecule has 0 bridgehead atoms. The summed E-state index contributed by atoms with van der Waals surface area (Å²) in [7, 11) is 0. The quantitative estimate of drug-likeness (QED) is 0.538. The van der Waals surface area contributed by atoms with Crippen molar-refractivity contribution in [3.05, 3.63) is 46.5 Å². The van der Waals surface area contributed by atoms with E-state index in [1.54, 1.807) is 0 Å². The monoisotopic (exact) mass is 202 g/mol. The van der Waals surface area contributed by atoms with E-state index in [1.165, 1.54) is 5.56 Å². The molecule has 0 spiro atoms. The zero-order valence-electron chi connectivity index (χ0n) is 9.92. The van der Waals surface area contributed by atoms with Crippen molar-refractivity contribution in [3.8, 4) is 0 Å². The molecule has 80 valence electrons. The lowest BCUT2D eigenvalue weighted by atomic mass is 10.00. The summed E-state index contributed by atoms with van der Waals surface area (Å²) in [6.07, 6.45) is 1.01. The lowest BCUT2D eigenvalue weighted by Crippen LogP contribution is -2.02. The first-order valence-electron chi connectivity index (χ1n) is 5.34. The number of aryl methyl sites for hydroxylation is 1. The number of carbonyl (C=O) groups excluding carboxylic acids is 1. The summed E-state index contributed by atoms with van der Waals surface area (Å²) in [4.78, 5) is 11.9. The number of ketones is 1. The normalized spacial score (nSPS) is 9.87. The van der Waals surface area contributed by atoms with Gasteiger partial charge < -0.3 is 0 Å². The molecule has 0 amide bonds. The number of benzene rings is 1. The predicted molar refractivity (Wildman–Crippen MR) is 64.2 cm³/mol. The van der Waals surface area contributed by atoms with Gasteiger partial charge in [-0.3, -0.25) is 4.79 Å². The average Bonchev–Trinajstić information content (AvgIpc) is 2.27. The van der Waals surface area contributed by atoms with Gasteiger partial charge in [-0.05, 0) is 38.3 Å². The molecule has 0 aromatic heterocycles. The Morgan fingerprint density at radius 3 is 2.00 bits per heavy atom. The lowest BCUT2D eigenvalue weighted by molar-refractivity contribution is 0.103. The summed E-state index contributed by atoms with van der Waals surface area (Å²) in [5, 5.41) is 0. The molecule has 0 saturated carbocycles. The van der Waals surface area contributed by atoms with Crippen LogP contribution in [0.3, 0.4) is 0 Å². The molecule has 1 aromatic carbocycles. The van der Waals surface area contributed by atoms with Gasteiger partial charge in [-0.15, -0.1) is 0 Å². The van der Waals surface area contributed by atoms with E-state index in [4.69, 9.17) is 0 Å². The average molecular weight is 202 g/mol. The third-order valence-corrected chi connectivity index (χ3v) is 2.71. The van der Waals surface area contributed by atoms with Gasteiger partial charge in [0.1, 0.15) is 0 Å². The van der Waals surface area contributed by atoms with Crippen LogP contribution in [0.25, 0.3) is 0 Å². The molecule has 0 aliphatic heterocycles. The first-order valence-corrected chi connectivity index (χ1v) is 5.34. The molecule has 1 aromatic rings. The summed E-state index contributed by atoms with van der Waals surface area (Å²) in [6, 6.07) is 7.86. The van der Waals surface area contributed by atoms with Gasteiger partial charge >= 0.3 is 0 Å². The number of carbonyl (C=O) groups is 1. The van der Waals surface area contributed by atoms with E-state index in [9.17, 15) is 4.79 Å². The lowest BCUT2D eigenvalue weighted by Gasteiger charge is -2.04. The fourth-order valence-corrected chi connectivity index (χ4v) is 1.34. The first-order chi connectivity index (χ1) is 7.06. The smallest absolute Gasteiger partial charge is 0.188 e. The minimum atomic E-state index is 0.137. The van der Waals surface area contributed by atoms with Crippen molar-refractivity contribution in [2.24, 2.45) is 0 Å². The molecule has 0 aliphatic carbocycles. The van der Waals surface area contributed by atoms with Crippen molar-refractivity contribution in [1.82, 2.24) is 0 Å². The van der Waals surface area contributed by atoms with Gasteiger partial charge in [0.2, 0.25) is 0 Å². The molecule has 0 heterocycles. The van der Waals surface area contributed by atoms with Crippen LogP contribution in [0.1, 0.15) is 43.6 Å². The molecule has 0 N–H and O–H groups in total. The Bertz CT molecular complexity index is 378. The molecule has 1 heteroatoms. The standard InChI is InChI=1S/C14H18O/c1-5-12-6-8-13(9-7-12)14(15)11(4)10(2)3/h6-9H,5H2,1-4H3. The number of rotatable bonds is 3. The summed E-state index contributed by atoms with van der Waals surface area (Å²) < 4.78 is 0. The largest absolute Gasteiger partial charge is 0.289 e. The first kappa shape index (κ1) is 11.7. The molecule has 15 heavy (non-hydrogen) atoms. The van der Waals surface area contributed by atoms with Gasteiger partial charge in [0.25, 0.3) is 0 Å². The molecule has 0 saturated heterocycles. The molecule has 0 atom stereocenters. The summed E-state index contributed by atoms with van der Waals surface area (Å²) >= 11 is 0. The topological polar surface area (TPSA) is 17.1 Å². The van der Waals surface area contributed by atoms with Crippen molar-refractivity contribution < 1.29 is 4.79 Å². The van der Waals surface area contributed by atoms with Crippen molar-refractivity contribution in [1.29, 1.82) is 0 Å². The zero-order valence-corrected chi connectivity index (χ0v) is 9.92. The Morgan fingerprint density at radius 1 is 1.07 bits per heavy atom. The van der Waals surface area contributed by atoms with Crippen LogP contribution in [0.2, 0.25) is 0 Å². The molecular formula is C14H18O. The van der Waals surface area contributed by atoms with Crippen LogP contribution in [-0.2, 0) is 6.42 Å². The highest BCUT2D eigenvalue weighted by atomic mass is 16.1. The molecular weight excluding hydrogens is 184 g/mol. The Labute approximate surface area is 91.8 Å². The second kappa shape index (κ2) is 4.92. The summed E-state index contributed by atoms with van der Waals surface area (Å²) in [5.41, 5.74) is 3.98. The van der Waals surface area contributed by atoms with E-state index < -0.39 is 0 Å². The second-order valence-corrected chi connectivity index (χ2v) is 4.00. The maximum atomic E-state index is 11.9. The molecule has 0 radical (unpaired) electrons. The van der Waals surface area contributed by atoms with Crippen LogP contribution in [-0.4, -0.2) is 5.78 Å². The Balaban J connectivity index is 2.98. The van der Waals surface area contributed by atoms with Gasteiger partial charge in [-0.25, -0.2) is 0 Å². The minimum absolute atomic E-state index is 0.137. The highest BCUT2D eigenvalue weighted by Gasteiger charge is 2.08. The van der Waals surface area contributed by atoms with Crippen molar-refractivity contribution in [3.63, 3.8) is 0 Å². The summed E-state index contributed by atoms with van der Waals surface area (Å²) in [5.74, 6) is 0.137. The van der Waals surface area contributed by atoms with Crippen LogP contribution in [0.4, 0.5) is 0 Å². The van der Waals surface area contributed by atoms with Crippen molar-refractivity contribution in [2.45, 2.75) is 34.1 Å². The van der Waals surface area contributed by atoms with E-state index in [0.29, 0.717) is 0 Å². The van der Waals surface area contributed by atoms with E-state index in [2.05, 4.69) is 6.92 Å². The van der Waals surface area contributed by atoms with Gasteiger partial charge in [0.15, 0.2) is 5.78 Å². The highest BCUT2D eigenvalue weighted by molar-refractivity contribution is 6.08. The molecule has 0 fully saturated rings. The fourth-order valence-electron chi connectivity index (χ4n) is 1.34. The number of hydrogen-bond acceptors (Lipinski definition) is 1. The van der Waals surface area contributed by atoms with Crippen molar-refractivity contribution >= 4 is 5.78 Å². The van der Waals surface area contributed by atoms with E-state index in [1.807, 2.05) is 45.0 Å². The van der Waals surface area contributed by atoms with Crippen LogP contribution in [0.5, 0.6) is 0 Å².